The lowest BCUT2D eigenvalue weighted by Crippen LogP contribution is -2.32. The normalized spacial score (nSPS) is 18.1. The standard InChI is InChI=1S/C14H22N4O4/c15-11-7-13(19)18-12(17-11)4-5-16-14(20)9-21-8-10-3-1-2-6-22-10/h7,10H,1-6,8-9H2,(H,16,20)(H3,15,17,18,19)/t10-/m0/s1. The van der Waals surface area contributed by atoms with Crippen molar-refractivity contribution in [3.63, 3.8) is 0 Å². The number of nitrogens with one attached hydrogen (secondary N) is 2. The Kier molecular flexibility index (Phi) is 6.35. The number of nitrogen functional groups attached to an aromatic ring is 1. The molecule has 1 aliphatic rings. The van der Waals surface area contributed by atoms with Gasteiger partial charge in [0.05, 0.1) is 12.7 Å². The number of hydrogen-bond donors (Lipinski definition) is 3. The summed E-state index contributed by atoms with van der Waals surface area (Å²) >= 11 is 0. The summed E-state index contributed by atoms with van der Waals surface area (Å²) in [6, 6.07) is 1.21. The fourth-order valence-corrected chi connectivity index (χ4v) is 2.24. The van der Waals surface area contributed by atoms with Crippen molar-refractivity contribution in [2.24, 2.45) is 0 Å². The van der Waals surface area contributed by atoms with Crippen molar-refractivity contribution in [1.29, 1.82) is 0 Å². The SMILES string of the molecule is Nc1cc(=O)[nH]c(CCNC(=O)COC[C@@H]2CCCCO2)n1. The largest absolute Gasteiger partial charge is 0.383 e. The van der Waals surface area contributed by atoms with Crippen LogP contribution in [0.2, 0.25) is 0 Å². The summed E-state index contributed by atoms with van der Waals surface area (Å²) in [5, 5.41) is 2.70. The van der Waals surface area contributed by atoms with Gasteiger partial charge in [-0.1, -0.05) is 0 Å². The van der Waals surface area contributed by atoms with E-state index in [4.69, 9.17) is 15.2 Å². The first-order valence-electron chi connectivity index (χ1n) is 7.45. The van der Waals surface area contributed by atoms with Crippen LogP contribution in [0.5, 0.6) is 0 Å². The molecule has 2 rings (SSSR count). The van der Waals surface area contributed by atoms with Crippen LogP contribution in [0, 0.1) is 0 Å². The molecular weight excluding hydrogens is 288 g/mol. The second-order valence-corrected chi connectivity index (χ2v) is 5.22. The van der Waals surface area contributed by atoms with E-state index < -0.39 is 0 Å². The van der Waals surface area contributed by atoms with Gasteiger partial charge in [-0.25, -0.2) is 4.98 Å². The molecule has 122 valence electrons. The van der Waals surface area contributed by atoms with Gasteiger partial charge in [0.15, 0.2) is 0 Å². The number of nitrogens with zero attached hydrogens (tertiary/aromatic N) is 1. The summed E-state index contributed by atoms with van der Waals surface area (Å²) < 4.78 is 10.9. The first-order chi connectivity index (χ1) is 10.6. The molecule has 1 atom stereocenters. The van der Waals surface area contributed by atoms with E-state index in [1.807, 2.05) is 0 Å². The van der Waals surface area contributed by atoms with E-state index in [2.05, 4.69) is 15.3 Å². The number of aromatic amines is 1. The highest BCUT2D eigenvalue weighted by Crippen LogP contribution is 2.12. The van der Waals surface area contributed by atoms with Crippen LogP contribution in [0.1, 0.15) is 25.1 Å². The number of hydrogen-bond acceptors (Lipinski definition) is 6. The van der Waals surface area contributed by atoms with Gasteiger partial charge in [-0.05, 0) is 19.3 Å². The lowest BCUT2D eigenvalue weighted by atomic mass is 10.1. The van der Waals surface area contributed by atoms with Gasteiger partial charge < -0.3 is 25.5 Å². The molecule has 1 aromatic heterocycles. The number of nitrogens with two attached hydrogens (primary N) is 1. The fraction of sp³-hybridized carbons (Fsp3) is 0.643. The van der Waals surface area contributed by atoms with Gasteiger partial charge in [0.2, 0.25) is 5.91 Å². The molecule has 1 aromatic rings. The van der Waals surface area contributed by atoms with Crippen molar-refractivity contribution in [2.75, 3.05) is 32.1 Å². The highest BCUT2D eigenvalue weighted by molar-refractivity contribution is 5.77. The molecular formula is C14H22N4O4. The minimum absolute atomic E-state index is 0.000731. The van der Waals surface area contributed by atoms with Crippen LogP contribution in [0.4, 0.5) is 5.82 Å². The van der Waals surface area contributed by atoms with Gasteiger partial charge in [-0.15, -0.1) is 0 Å². The van der Waals surface area contributed by atoms with Gasteiger partial charge in [0.1, 0.15) is 18.2 Å². The van der Waals surface area contributed by atoms with E-state index in [9.17, 15) is 9.59 Å². The predicted octanol–water partition coefficient (Wildman–Crippen LogP) is -0.404. The van der Waals surface area contributed by atoms with Crippen LogP contribution in [0.3, 0.4) is 0 Å². The molecule has 0 saturated carbocycles. The van der Waals surface area contributed by atoms with Crippen molar-refractivity contribution in [3.05, 3.63) is 22.2 Å². The molecule has 1 aliphatic heterocycles. The van der Waals surface area contributed by atoms with Crippen molar-refractivity contribution in [2.45, 2.75) is 31.8 Å². The number of H-pyrrole nitrogens is 1. The Morgan fingerprint density at radius 1 is 1.55 bits per heavy atom. The molecule has 1 saturated heterocycles. The number of anilines is 1. The highest BCUT2D eigenvalue weighted by Gasteiger charge is 2.14. The van der Waals surface area contributed by atoms with Crippen molar-refractivity contribution < 1.29 is 14.3 Å². The Labute approximate surface area is 128 Å². The van der Waals surface area contributed by atoms with Crippen molar-refractivity contribution in [1.82, 2.24) is 15.3 Å². The van der Waals surface area contributed by atoms with Crippen LogP contribution < -0.4 is 16.6 Å². The van der Waals surface area contributed by atoms with Crippen LogP contribution in [-0.2, 0) is 20.7 Å². The van der Waals surface area contributed by atoms with Gasteiger partial charge >= 0.3 is 0 Å². The van der Waals surface area contributed by atoms with Gasteiger partial charge in [-0.2, -0.15) is 0 Å². The van der Waals surface area contributed by atoms with E-state index in [-0.39, 0.29) is 30.0 Å². The second-order valence-electron chi connectivity index (χ2n) is 5.22. The molecule has 0 bridgehead atoms. The predicted molar refractivity (Wildman–Crippen MR) is 80.4 cm³/mol. The Morgan fingerprint density at radius 2 is 2.41 bits per heavy atom. The monoisotopic (exact) mass is 310 g/mol. The molecule has 1 fully saturated rings. The smallest absolute Gasteiger partial charge is 0.252 e. The summed E-state index contributed by atoms with van der Waals surface area (Å²) in [5.74, 6) is 0.407. The fourth-order valence-electron chi connectivity index (χ4n) is 2.24. The third kappa shape index (κ3) is 5.82. The van der Waals surface area contributed by atoms with E-state index >= 15 is 0 Å². The molecule has 0 spiro atoms. The number of carbonyl (C=O) groups excluding carboxylic acids is 1. The highest BCUT2D eigenvalue weighted by atomic mass is 16.5. The molecule has 2 heterocycles. The van der Waals surface area contributed by atoms with Gasteiger partial charge in [-0.3, -0.25) is 9.59 Å². The van der Waals surface area contributed by atoms with E-state index in [0.29, 0.717) is 25.4 Å². The molecule has 0 unspecified atom stereocenters. The second kappa shape index (κ2) is 8.50. The molecule has 0 aromatic carbocycles. The number of aromatic nitrogens is 2. The first-order valence-corrected chi connectivity index (χ1v) is 7.45. The number of ether oxygens (including phenoxy) is 2. The molecule has 22 heavy (non-hydrogen) atoms. The molecule has 1 amide bonds. The van der Waals surface area contributed by atoms with Gasteiger partial charge in [0.25, 0.3) is 5.56 Å². The number of rotatable bonds is 7. The Bertz CT molecular complexity index is 540. The van der Waals surface area contributed by atoms with Gasteiger partial charge in [0, 0.05) is 25.6 Å². The van der Waals surface area contributed by atoms with Crippen LogP contribution in [0.15, 0.2) is 10.9 Å². The third-order valence-electron chi connectivity index (χ3n) is 3.31. The maximum atomic E-state index is 11.6. The zero-order valence-corrected chi connectivity index (χ0v) is 12.5. The molecule has 8 nitrogen and oxygen atoms in total. The first kappa shape index (κ1) is 16.4. The Balaban J connectivity index is 1.60. The third-order valence-corrected chi connectivity index (χ3v) is 3.31. The minimum atomic E-state index is -0.301. The maximum absolute atomic E-state index is 11.6. The quantitative estimate of drug-likeness (QED) is 0.630. The maximum Gasteiger partial charge on any atom is 0.252 e. The molecule has 8 heteroatoms. The summed E-state index contributed by atoms with van der Waals surface area (Å²) in [7, 11) is 0. The zero-order valence-electron chi connectivity index (χ0n) is 12.5. The number of amides is 1. The summed E-state index contributed by atoms with van der Waals surface area (Å²) in [5.41, 5.74) is 5.18. The zero-order chi connectivity index (χ0) is 15.8. The van der Waals surface area contributed by atoms with Crippen molar-refractivity contribution in [3.8, 4) is 0 Å². The van der Waals surface area contributed by atoms with E-state index in [1.165, 1.54) is 6.07 Å². The van der Waals surface area contributed by atoms with E-state index in [1.54, 1.807) is 0 Å². The Morgan fingerprint density at radius 3 is 3.14 bits per heavy atom. The lowest BCUT2D eigenvalue weighted by molar-refractivity contribution is -0.127. The minimum Gasteiger partial charge on any atom is -0.383 e. The van der Waals surface area contributed by atoms with Crippen LogP contribution in [-0.4, -0.2) is 48.3 Å². The van der Waals surface area contributed by atoms with E-state index in [0.717, 1.165) is 25.9 Å². The Hall–Kier alpha value is -1.93. The van der Waals surface area contributed by atoms with Crippen LogP contribution >= 0.6 is 0 Å². The molecule has 0 radical (unpaired) electrons. The lowest BCUT2D eigenvalue weighted by Gasteiger charge is -2.22. The molecule has 0 aliphatic carbocycles. The van der Waals surface area contributed by atoms with Crippen LogP contribution in [0.25, 0.3) is 0 Å². The topological polar surface area (TPSA) is 119 Å². The average molecular weight is 310 g/mol. The molecule has 4 N–H and O–H groups in total. The summed E-state index contributed by atoms with van der Waals surface area (Å²) in [6.45, 7) is 1.57. The summed E-state index contributed by atoms with van der Waals surface area (Å²) in [6.07, 6.45) is 3.72. The number of carbonyl (C=O) groups is 1. The van der Waals surface area contributed by atoms with Crippen molar-refractivity contribution >= 4 is 11.7 Å². The average Bonchev–Trinajstić information content (AvgIpc) is 2.47. The summed E-state index contributed by atoms with van der Waals surface area (Å²) in [4.78, 5) is 29.4.